The van der Waals surface area contributed by atoms with Gasteiger partial charge < -0.3 is 20.1 Å². The summed E-state index contributed by atoms with van der Waals surface area (Å²) in [6.07, 6.45) is 0. The van der Waals surface area contributed by atoms with Crippen LogP contribution in [0.2, 0.25) is 0 Å². The summed E-state index contributed by atoms with van der Waals surface area (Å²) in [5, 5.41) is 8.71. The Hall–Kier alpha value is -3.84. The molecule has 154 valence electrons. The summed E-state index contributed by atoms with van der Waals surface area (Å²) >= 11 is 1.37. The van der Waals surface area contributed by atoms with Crippen molar-refractivity contribution in [2.45, 2.75) is 6.04 Å². The zero-order chi connectivity index (χ0) is 21.0. The highest BCUT2D eigenvalue weighted by Gasteiger charge is 2.20. The standard InChI is InChI=1S/C24H19N3O3S/c28-23(27-22(16-7-3-1-4-8-16)17-9-5-2-6-10-17)19-14-31-24(26-19)25-18-11-12-20-21(13-18)30-15-29-20/h1-14,22H,15H2,(H,25,26)(H,27,28). The Morgan fingerprint density at radius 3 is 2.29 bits per heavy atom. The molecule has 6 nitrogen and oxygen atoms in total. The third-order valence-corrected chi connectivity index (χ3v) is 5.66. The van der Waals surface area contributed by atoms with Crippen LogP contribution in [0.1, 0.15) is 27.7 Å². The van der Waals surface area contributed by atoms with Gasteiger partial charge >= 0.3 is 0 Å². The molecule has 0 fully saturated rings. The second kappa shape index (κ2) is 8.49. The van der Waals surface area contributed by atoms with Crippen LogP contribution in [-0.4, -0.2) is 17.7 Å². The van der Waals surface area contributed by atoms with Crippen molar-refractivity contribution in [3.63, 3.8) is 0 Å². The van der Waals surface area contributed by atoms with Crippen LogP contribution in [0.15, 0.2) is 84.2 Å². The number of carbonyl (C=O) groups is 1. The van der Waals surface area contributed by atoms with Gasteiger partial charge in [0.25, 0.3) is 5.91 Å². The van der Waals surface area contributed by atoms with Crippen LogP contribution < -0.4 is 20.1 Å². The van der Waals surface area contributed by atoms with Gasteiger partial charge in [0.05, 0.1) is 6.04 Å². The number of thiazole rings is 1. The Morgan fingerprint density at radius 1 is 0.903 bits per heavy atom. The van der Waals surface area contributed by atoms with Gasteiger partial charge in [-0.1, -0.05) is 60.7 Å². The lowest BCUT2D eigenvalue weighted by Gasteiger charge is -2.19. The van der Waals surface area contributed by atoms with Gasteiger partial charge in [0.15, 0.2) is 16.6 Å². The summed E-state index contributed by atoms with van der Waals surface area (Å²) in [5.41, 5.74) is 3.20. The van der Waals surface area contributed by atoms with Crippen LogP contribution in [-0.2, 0) is 0 Å². The maximum Gasteiger partial charge on any atom is 0.271 e. The number of fused-ring (bicyclic) bond motifs is 1. The largest absolute Gasteiger partial charge is 0.454 e. The molecule has 1 aliphatic heterocycles. The van der Waals surface area contributed by atoms with E-state index in [1.807, 2.05) is 78.9 Å². The molecule has 3 aromatic carbocycles. The van der Waals surface area contributed by atoms with E-state index in [2.05, 4.69) is 15.6 Å². The Balaban J connectivity index is 1.33. The zero-order valence-corrected chi connectivity index (χ0v) is 17.3. The predicted octanol–water partition coefficient (Wildman–Crippen LogP) is 5.13. The molecule has 0 radical (unpaired) electrons. The van der Waals surface area contributed by atoms with E-state index in [9.17, 15) is 4.79 Å². The van der Waals surface area contributed by atoms with Gasteiger partial charge in [-0.05, 0) is 23.3 Å². The van der Waals surface area contributed by atoms with Crippen molar-refractivity contribution in [2.24, 2.45) is 0 Å². The molecule has 2 N–H and O–H groups in total. The Labute approximate surface area is 183 Å². The van der Waals surface area contributed by atoms with Gasteiger partial charge in [-0.25, -0.2) is 4.98 Å². The number of hydrogen-bond donors (Lipinski definition) is 2. The fraction of sp³-hybridized carbons (Fsp3) is 0.0833. The second-order valence-electron chi connectivity index (χ2n) is 6.96. The maximum atomic E-state index is 13.0. The smallest absolute Gasteiger partial charge is 0.271 e. The predicted molar refractivity (Wildman–Crippen MR) is 120 cm³/mol. The van der Waals surface area contributed by atoms with Crippen molar-refractivity contribution in [1.29, 1.82) is 0 Å². The van der Waals surface area contributed by atoms with E-state index < -0.39 is 0 Å². The highest BCUT2D eigenvalue weighted by atomic mass is 32.1. The number of anilines is 2. The van der Waals surface area contributed by atoms with Crippen LogP contribution in [0.5, 0.6) is 11.5 Å². The molecule has 0 spiro atoms. The summed E-state index contributed by atoms with van der Waals surface area (Å²) in [7, 11) is 0. The highest BCUT2D eigenvalue weighted by Crippen LogP contribution is 2.35. The third kappa shape index (κ3) is 4.22. The Bertz CT molecular complexity index is 1160. The topological polar surface area (TPSA) is 72.5 Å². The molecule has 0 bridgehead atoms. The molecule has 0 saturated carbocycles. The average molecular weight is 430 g/mol. The minimum atomic E-state index is -0.262. The zero-order valence-electron chi connectivity index (χ0n) is 16.4. The van der Waals surface area contributed by atoms with Crippen LogP contribution in [0.25, 0.3) is 0 Å². The highest BCUT2D eigenvalue weighted by molar-refractivity contribution is 7.14. The molecule has 0 saturated heterocycles. The third-order valence-electron chi connectivity index (χ3n) is 4.90. The van der Waals surface area contributed by atoms with E-state index in [4.69, 9.17) is 9.47 Å². The number of ether oxygens (including phenoxy) is 2. The van der Waals surface area contributed by atoms with Crippen molar-refractivity contribution in [3.8, 4) is 11.5 Å². The monoisotopic (exact) mass is 429 g/mol. The Kier molecular flexibility index (Phi) is 5.24. The molecule has 0 aliphatic carbocycles. The SMILES string of the molecule is O=C(NC(c1ccccc1)c1ccccc1)c1csc(Nc2ccc3c(c2)OCO3)n1. The molecule has 0 atom stereocenters. The van der Waals surface area contributed by atoms with E-state index in [-0.39, 0.29) is 18.7 Å². The van der Waals surface area contributed by atoms with E-state index in [0.29, 0.717) is 16.6 Å². The number of carbonyl (C=O) groups excluding carboxylic acids is 1. The van der Waals surface area contributed by atoms with Crippen molar-refractivity contribution in [3.05, 3.63) is 101 Å². The van der Waals surface area contributed by atoms with Crippen LogP contribution in [0.4, 0.5) is 10.8 Å². The first-order chi connectivity index (χ1) is 15.3. The van der Waals surface area contributed by atoms with Gasteiger partial charge in [0, 0.05) is 17.1 Å². The first-order valence-corrected chi connectivity index (χ1v) is 10.7. The van der Waals surface area contributed by atoms with E-state index in [1.165, 1.54) is 11.3 Å². The van der Waals surface area contributed by atoms with E-state index >= 15 is 0 Å². The molecule has 1 aliphatic rings. The molecule has 7 heteroatoms. The van der Waals surface area contributed by atoms with Crippen LogP contribution >= 0.6 is 11.3 Å². The minimum absolute atomic E-state index is 0.227. The van der Waals surface area contributed by atoms with Gasteiger partial charge in [-0.3, -0.25) is 4.79 Å². The number of rotatable bonds is 6. The van der Waals surface area contributed by atoms with Gasteiger partial charge in [0.1, 0.15) is 5.69 Å². The van der Waals surface area contributed by atoms with Gasteiger partial charge in [-0.15, -0.1) is 11.3 Å². The maximum absolute atomic E-state index is 13.0. The minimum Gasteiger partial charge on any atom is -0.454 e. The molecule has 1 aromatic heterocycles. The molecule has 4 aromatic rings. The van der Waals surface area contributed by atoms with Crippen LogP contribution in [0, 0.1) is 0 Å². The summed E-state index contributed by atoms with van der Waals surface area (Å²) < 4.78 is 10.7. The summed E-state index contributed by atoms with van der Waals surface area (Å²) in [6.45, 7) is 0.227. The summed E-state index contributed by atoms with van der Waals surface area (Å²) in [5.74, 6) is 1.18. The fourth-order valence-electron chi connectivity index (χ4n) is 3.39. The van der Waals surface area contributed by atoms with Crippen molar-refractivity contribution >= 4 is 28.1 Å². The van der Waals surface area contributed by atoms with Gasteiger partial charge in [-0.2, -0.15) is 0 Å². The van der Waals surface area contributed by atoms with Crippen LogP contribution in [0.3, 0.4) is 0 Å². The van der Waals surface area contributed by atoms with E-state index in [0.717, 1.165) is 22.6 Å². The number of benzene rings is 3. The molecule has 2 heterocycles. The molecule has 0 unspecified atom stereocenters. The molecule has 31 heavy (non-hydrogen) atoms. The fourth-order valence-corrected chi connectivity index (χ4v) is 4.10. The number of nitrogens with one attached hydrogen (secondary N) is 2. The van der Waals surface area contributed by atoms with Crippen molar-refractivity contribution in [1.82, 2.24) is 10.3 Å². The molecular weight excluding hydrogens is 410 g/mol. The lowest BCUT2D eigenvalue weighted by molar-refractivity contribution is 0.0938. The quantitative estimate of drug-likeness (QED) is 0.444. The van der Waals surface area contributed by atoms with Crippen molar-refractivity contribution < 1.29 is 14.3 Å². The molecule has 1 amide bonds. The first-order valence-electron chi connectivity index (χ1n) is 9.79. The number of amides is 1. The Morgan fingerprint density at radius 2 is 1.58 bits per heavy atom. The lowest BCUT2D eigenvalue weighted by atomic mass is 9.98. The summed E-state index contributed by atoms with van der Waals surface area (Å²) in [6, 6.07) is 25.1. The number of hydrogen-bond acceptors (Lipinski definition) is 6. The van der Waals surface area contributed by atoms with Crippen molar-refractivity contribution in [2.75, 3.05) is 12.1 Å². The summed E-state index contributed by atoms with van der Waals surface area (Å²) in [4.78, 5) is 17.5. The normalized spacial score (nSPS) is 12.0. The number of aromatic nitrogens is 1. The molecular formula is C24H19N3O3S. The molecule has 5 rings (SSSR count). The lowest BCUT2D eigenvalue weighted by Crippen LogP contribution is -2.29. The first kappa shape index (κ1) is 19.1. The van der Waals surface area contributed by atoms with Gasteiger partial charge in [0.2, 0.25) is 6.79 Å². The second-order valence-corrected chi connectivity index (χ2v) is 7.82. The number of nitrogens with zero attached hydrogens (tertiary/aromatic N) is 1. The average Bonchev–Trinajstić information content (AvgIpc) is 3.48. The van der Waals surface area contributed by atoms with E-state index in [1.54, 1.807) is 5.38 Å².